The van der Waals surface area contributed by atoms with E-state index in [2.05, 4.69) is 6.92 Å². The Morgan fingerprint density at radius 2 is 1.67 bits per heavy atom. The number of nitriles is 1. The van der Waals surface area contributed by atoms with Crippen molar-refractivity contribution in [2.45, 2.75) is 103 Å². The molecule has 2 aliphatic carbocycles. The van der Waals surface area contributed by atoms with Gasteiger partial charge in [0, 0.05) is 0 Å². The van der Waals surface area contributed by atoms with E-state index < -0.39 is 5.83 Å². The van der Waals surface area contributed by atoms with Gasteiger partial charge in [0.05, 0.1) is 5.92 Å². The van der Waals surface area contributed by atoms with Crippen LogP contribution in [-0.4, -0.2) is 12.1 Å². The largest absolute Gasteiger partial charge is 0.462 e. The Balaban J connectivity index is 1.60. The third-order valence-electron chi connectivity index (χ3n) is 6.48. The van der Waals surface area contributed by atoms with Crippen LogP contribution in [0.4, 0.5) is 4.39 Å². The Labute approximate surface area is 164 Å². The molecule has 3 nitrogen and oxygen atoms in total. The van der Waals surface area contributed by atoms with Gasteiger partial charge in [0.2, 0.25) is 0 Å². The summed E-state index contributed by atoms with van der Waals surface area (Å²) in [5.41, 5.74) is 0. The molecule has 0 aromatic heterocycles. The zero-order valence-corrected chi connectivity index (χ0v) is 16.9. The van der Waals surface area contributed by atoms with Gasteiger partial charge < -0.3 is 4.74 Å². The number of hydrogen-bond donors (Lipinski definition) is 0. The minimum Gasteiger partial charge on any atom is -0.462 e. The quantitative estimate of drug-likeness (QED) is 0.257. The molecule has 0 aromatic carbocycles. The Kier molecular flexibility index (Phi) is 9.87. The van der Waals surface area contributed by atoms with Gasteiger partial charge in [-0.3, -0.25) is 4.79 Å². The molecule has 0 saturated heterocycles. The lowest BCUT2D eigenvalue weighted by Gasteiger charge is -2.31. The number of ether oxygens (including phenoxy) is 1. The summed E-state index contributed by atoms with van der Waals surface area (Å²) in [6, 6.07) is 1.51. The Morgan fingerprint density at radius 3 is 2.30 bits per heavy atom. The maximum Gasteiger partial charge on any atom is 0.309 e. The van der Waals surface area contributed by atoms with Gasteiger partial charge in [0.25, 0.3) is 0 Å². The third kappa shape index (κ3) is 8.03. The van der Waals surface area contributed by atoms with E-state index in [1.54, 1.807) is 0 Å². The number of unbranched alkanes of at least 4 members (excludes halogenated alkanes) is 2. The molecule has 4 heteroatoms. The van der Waals surface area contributed by atoms with Crippen molar-refractivity contribution < 1.29 is 13.9 Å². The van der Waals surface area contributed by atoms with Crippen molar-refractivity contribution in [3.8, 4) is 6.07 Å². The predicted molar refractivity (Wildman–Crippen MR) is 105 cm³/mol. The predicted octanol–water partition coefficient (Wildman–Crippen LogP) is 6.63. The van der Waals surface area contributed by atoms with Crippen molar-refractivity contribution >= 4 is 5.97 Å². The van der Waals surface area contributed by atoms with Crippen molar-refractivity contribution in [3.63, 3.8) is 0 Å². The highest BCUT2D eigenvalue weighted by molar-refractivity contribution is 5.72. The van der Waals surface area contributed by atoms with Crippen molar-refractivity contribution in [3.05, 3.63) is 11.9 Å². The number of esters is 1. The number of halogens is 1. The highest BCUT2D eigenvalue weighted by atomic mass is 19.1. The van der Waals surface area contributed by atoms with Crippen LogP contribution < -0.4 is 0 Å². The molecule has 0 heterocycles. The monoisotopic (exact) mass is 377 g/mol. The minimum absolute atomic E-state index is 0.0319. The Hall–Kier alpha value is -1.37. The molecule has 0 bridgehead atoms. The molecule has 2 aliphatic rings. The van der Waals surface area contributed by atoms with Crippen molar-refractivity contribution in [2.75, 3.05) is 0 Å². The SMILES string of the molecule is CCCCCC1CCC(C(=O)OC2CCC(CC/C=C(/F)C#N)CC2)CC1. The number of allylic oxidation sites excluding steroid dienone is 2. The highest BCUT2D eigenvalue weighted by Gasteiger charge is 2.30. The van der Waals surface area contributed by atoms with E-state index in [0.29, 0.717) is 12.3 Å². The van der Waals surface area contributed by atoms with E-state index in [1.165, 1.54) is 50.7 Å². The smallest absolute Gasteiger partial charge is 0.309 e. The maximum absolute atomic E-state index is 12.8. The Morgan fingerprint density at radius 1 is 1.04 bits per heavy atom. The van der Waals surface area contributed by atoms with E-state index in [0.717, 1.165) is 50.9 Å². The summed E-state index contributed by atoms with van der Waals surface area (Å²) in [4.78, 5) is 12.5. The molecule has 27 heavy (non-hydrogen) atoms. The first-order valence-electron chi connectivity index (χ1n) is 11.1. The third-order valence-corrected chi connectivity index (χ3v) is 6.48. The first-order valence-corrected chi connectivity index (χ1v) is 11.1. The van der Waals surface area contributed by atoms with Gasteiger partial charge in [0.1, 0.15) is 12.2 Å². The van der Waals surface area contributed by atoms with Crippen LogP contribution in [0.2, 0.25) is 0 Å². The number of rotatable bonds is 9. The molecule has 2 saturated carbocycles. The summed E-state index contributed by atoms with van der Waals surface area (Å²) in [6.07, 6.45) is 16.5. The lowest BCUT2D eigenvalue weighted by atomic mass is 9.79. The fraction of sp³-hybridized carbons (Fsp3) is 0.826. The lowest BCUT2D eigenvalue weighted by molar-refractivity contribution is -0.157. The second kappa shape index (κ2) is 12.2. The molecule has 0 amide bonds. The molecule has 0 radical (unpaired) electrons. The van der Waals surface area contributed by atoms with Crippen molar-refractivity contribution in [1.29, 1.82) is 5.26 Å². The van der Waals surface area contributed by atoms with E-state index in [4.69, 9.17) is 10.00 Å². The van der Waals surface area contributed by atoms with E-state index >= 15 is 0 Å². The molecule has 152 valence electrons. The molecule has 2 fully saturated rings. The van der Waals surface area contributed by atoms with Gasteiger partial charge in [-0.1, -0.05) is 32.6 Å². The van der Waals surface area contributed by atoms with Crippen LogP contribution >= 0.6 is 0 Å². The number of carbonyl (C=O) groups is 1. The molecular weight excluding hydrogens is 341 g/mol. The van der Waals surface area contributed by atoms with E-state index in [-0.39, 0.29) is 18.0 Å². The lowest BCUT2D eigenvalue weighted by Crippen LogP contribution is -2.30. The fourth-order valence-corrected chi connectivity index (χ4v) is 4.66. The van der Waals surface area contributed by atoms with Crippen LogP contribution in [0.5, 0.6) is 0 Å². The molecule has 0 spiro atoms. The summed E-state index contributed by atoms with van der Waals surface area (Å²) < 4.78 is 18.6. The highest BCUT2D eigenvalue weighted by Crippen LogP contribution is 2.34. The molecule has 0 atom stereocenters. The molecule has 0 aromatic rings. The van der Waals surface area contributed by atoms with Gasteiger partial charge in [-0.05, 0) is 82.1 Å². The van der Waals surface area contributed by atoms with Crippen LogP contribution in [0.1, 0.15) is 96.8 Å². The van der Waals surface area contributed by atoms with Gasteiger partial charge in [-0.25, -0.2) is 0 Å². The van der Waals surface area contributed by atoms with Crippen molar-refractivity contribution in [2.24, 2.45) is 17.8 Å². The number of carbonyl (C=O) groups excluding carboxylic acids is 1. The van der Waals surface area contributed by atoms with Gasteiger partial charge >= 0.3 is 5.97 Å². The van der Waals surface area contributed by atoms with Gasteiger partial charge in [-0.2, -0.15) is 9.65 Å². The topological polar surface area (TPSA) is 50.1 Å². The average molecular weight is 378 g/mol. The molecule has 0 N–H and O–H groups in total. The number of hydrogen-bond acceptors (Lipinski definition) is 3. The summed E-state index contributed by atoms with van der Waals surface area (Å²) in [6.45, 7) is 2.24. The molecule has 2 rings (SSSR count). The standard InChI is InChI=1S/C23H36FNO2/c1-2-3-4-6-18-9-13-20(14-10-18)23(26)27-22-15-11-19(12-16-22)7-5-8-21(24)17-25/h8,18-20,22H,2-7,9-16H2,1H3/b21-8+. The summed E-state index contributed by atoms with van der Waals surface area (Å²) >= 11 is 0. The zero-order valence-electron chi connectivity index (χ0n) is 16.9. The second-order valence-electron chi connectivity index (χ2n) is 8.53. The van der Waals surface area contributed by atoms with E-state index in [9.17, 15) is 9.18 Å². The average Bonchev–Trinajstić information content (AvgIpc) is 2.70. The van der Waals surface area contributed by atoms with Gasteiger partial charge in [-0.15, -0.1) is 0 Å². The molecule has 0 aliphatic heterocycles. The van der Waals surface area contributed by atoms with Crippen LogP contribution in [0.3, 0.4) is 0 Å². The first kappa shape index (κ1) is 21.9. The van der Waals surface area contributed by atoms with Crippen LogP contribution in [0.15, 0.2) is 11.9 Å². The fourth-order valence-electron chi connectivity index (χ4n) is 4.66. The van der Waals surface area contributed by atoms with Gasteiger partial charge in [0.15, 0.2) is 5.83 Å². The van der Waals surface area contributed by atoms with Crippen LogP contribution in [0, 0.1) is 29.1 Å². The summed E-state index contributed by atoms with van der Waals surface area (Å²) in [5.74, 6) is 0.837. The number of nitrogens with zero attached hydrogens (tertiary/aromatic N) is 1. The zero-order chi connectivity index (χ0) is 19.5. The Bertz CT molecular complexity index is 509. The van der Waals surface area contributed by atoms with Crippen LogP contribution in [0.25, 0.3) is 0 Å². The maximum atomic E-state index is 12.8. The normalized spacial score (nSPS) is 29.1. The van der Waals surface area contributed by atoms with Crippen molar-refractivity contribution in [1.82, 2.24) is 0 Å². The summed E-state index contributed by atoms with van der Waals surface area (Å²) in [5, 5.41) is 8.42. The second-order valence-corrected chi connectivity index (χ2v) is 8.53. The first-order chi connectivity index (χ1) is 13.1. The molecular formula is C23H36FNO2. The summed E-state index contributed by atoms with van der Waals surface area (Å²) in [7, 11) is 0. The molecule has 0 unspecified atom stereocenters. The van der Waals surface area contributed by atoms with E-state index in [1.807, 2.05) is 0 Å². The van der Waals surface area contributed by atoms with Crippen LogP contribution in [-0.2, 0) is 9.53 Å². The minimum atomic E-state index is -0.683.